The number of carbonyl (C=O) groups excluding carboxylic acids is 1. The molecule has 0 saturated carbocycles. The van der Waals surface area contributed by atoms with Gasteiger partial charge in [0.2, 0.25) is 0 Å². The van der Waals surface area contributed by atoms with Crippen molar-refractivity contribution in [3.05, 3.63) is 82.0 Å². The van der Waals surface area contributed by atoms with E-state index in [4.69, 9.17) is 0 Å². The first-order valence-electron chi connectivity index (χ1n) is 9.48. The summed E-state index contributed by atoms with van der Waals surface area (Å²) in [5.74, 6) is 0.441. The summed E-state index contributed by atoms with van der Waals surface area (Å²) in [5, 5.41) is 0. The minimum atomic E-state index is -0.420. The van der Waals surface area contributed by atoms with Crippen molar-refractivity contribution in [3.63, 3.8) is 0 Å². The summed E-state index contributed by atoms with van der Waals surface area (Å²) >= 11 is 0. The molecule has 1 unspecified atom stereocenters. The molecule has 6 heteroatoms. The highest BCUT2D eigenvalue weighted by Crippen LogP contribution is 2.29. The molecule has 3 heterocycles. The van der Waals surface area contributed by atoms with Crippen LogP contribution in [0.2, 0.25) is 0 Å². The molecule has 1 aliphatic rings. The average molecular weight is 374 g/mol. The molecular weight excluding hydrogens is 352 g/mol. The van der Waals surface area contributed by atoms with Crippen molar-refractivity contribution >= 4 is 5.91 Å². The monoisotopic (exact) mass is 374 g/mol. The second-order valence-electron chi connectivity index (χ2n) is 7.16. The Hall–Kier alpha value is -3.28. The van der Waals surface area contributed by atoms with Crippen LogP contribution < -0.4 is 5.56 Å². The number of pyridine rings is 1. The number of likely N-dealkylation sites (tertiary alicyclic amines) is 1. The van der Waals surface area contributed by atoms with Crippen molar-refractivity contribution in [2.45, 2.75) is 25.7 Å². The van der Waals surface area contributed by atoms with Gasteiger partial charge in [-0.2, -0.15) is 0 Å². The summed E-state index contributed by atoms with van der Waals surface area (Å²) in [6, 6.07) is 11.9. The first kappa shape index (κ1) is 18.1. The van der Waals surface area contributed by atoms with E-state index in [0.717, 1.165) is 12.8 Å². The Morgan fingerprint density at radius 3 is 2.79 bits per heavy atom. The van der Waals surface area contributed by atoms with E-state index in [0.29, 0.717) is 30.4 Å². The lowest BCUT2D eigenvalue weighted by Crippen LogP contribution is -2.41. The number of hydrogen-bond donors (Lipinski definition) is 1. The molecule has 0 bridgehead atoms. The van der Waals surface area contributed by atoms with Crippen LogP contribution in [0, 0.1) is 6.92 Å². The molecule has 1 fully saturated rings. The lowest BCUT2D eigenvalue weighted by Gasteiger charge is -2.33. The van der Waals surface area contributed by atoms with Gasteiger partial charge in [-0.3, -0.25) is 14.6 Å². The Kier molecular flexibility index (Phi) is 5.02. The minimum Gasteiger partial charge on any atom is -0.338 e. The van der Waals surface area contributed by atoms with Crippen molar-refractivity contribution in [2.24, 2.45) is 0 Å². The van der Waals surface area contributed by atoms with Gasteiger partial charge < -0.3 is 9.88 Å². The molecule has 0 aliphatic carbocycles. The Labute approximate surface area is 163 Å². The van der Waals surface area contributed by atoms with Gasteiger partial charge in [-0.25, -0.2) is 4.98 Å². The van der Waals surface area contributed by atoms with E-state index in [1.165, 1.54) is 17.3 Å². The van der Waals surface area contributed by atoms with Gasteiger partial charge in [0.05, 0.1) is 0 Å². The minimum absolute atomic E-state index is 0.0815. The van der Waals surface area contributed by atoms with E-state index in [1.807, 2.05) is 18.2 Å². The number of aromatic nitrogens is 3. The van der Waals surface area contributed by atoms with Gasteiger partial charge in [-0.1, -0.05) is 24.3 Å². The zero-order chi connectivity index (χ0) is 19.5. The molecule has 3 aromatic rings. The van der Waals surface area contributed by atoms with Crippen LogP contribution in [0.1, 0.15) is 40.2 Å². The summed E-state index contributed by atoms with van der Waals surface area (Å²) < 4.78 is 0. The molecule has 1 N–H and O–H groups in total. The molecule has 2 aromatic heterocycles. The van der Waals surface area contributed by atoms with Gasteiger partial charge >= 0.3 is 0 Å². The molecule has 1 saturated heterocycles. The molecule has 1 aliphatic heterocycles. The van der Waals surface area contributed by atoms with E-state index < -0.39 is 5.56 Å². The smallest absolute Gasteiger partial charge is 0.264 e. The standard InChI is InChI=1S/C22H22N4O2/c1-15-6-2-3-9-18(15)17-8-5-11-26(14-17)22(28)19-13-24-20(25-21(19)27)16-7-4-10-23-12-16/h2-4,6-7,9-10,12-13,17H,5,8,11,14H2,1H3,(H,24,25,27). The quantitative estimate of drug-likeness (QED) is 0.764. The maximum absolute atomic E-state index is 13.0. The van der Waals surface area contributed by atoms with Gasteiger partial charge in [0.25, 0.3) is 11.5 Å². The Balaban J connectivity index is 1.56. The van der Waals surface area contributed by atoms with E-state index in [9.17, 15) is 9.59 Å². The van der Waals surface area contributed by atoms with E-state index in [-0.39, 0.29) is 11.5 Å². The normalized spacial score (nSPS) is 16.8. The summed E-state index contributed by atoms with van der Waals surface area (Å²) in [5.41, 5.74) is 2.88. The van der Waals surface area contributed by atoms with Gasteiger partial charge in [0.1, 0.15) is 11.4 Å². The molecule has 0 spiro atoms. The zero-order valence-corrected chi connectivity index (χ0v) is 15.8. The molecule has 142 valence electrons. The second kappa shape index (κ2) is 7.76. The number of nitrogens with one attached hydrogen (secondary N) is 1. The summed E-state index contributed by atoms with van der Waals surface area (Å²) in [7, 11) is 0. The molecule has 0 radical (unpaired) electrons. The number of carbonyl (C=O) groups is 1. The highest BCUT2D eigenvalue weighted by atomic mass is 16.2. The van der Waals surface area contributed by atoms with Crippen molar-refractivity contribution in [3.8, 4) is 11.4 Å². The summed E-state index contributed by atoms with van der Waals surface area (Å²) in [6.07, 6.45) is 6.62. The van der Waals surface area contributed by atoms with Gasteiger partial charge in [0, 0.05) is 43.2 Å². The number of H-pyrrole nitrogens is 1. The number of aromatic amines is 1. The van der Waals surface area contributed by atoms with Crippen LogP contribution in [0.3, 0.4) is 0 Å². The Morgan fingerprint density at radius 1 is 1.18 bits per heavy atom. The first-order chi connectivity index (χ1) is 13.6. The van der Waals surface area contributed by atoms with Crippen molar-refractivity contribution < 1.29 is 4.79 Å². The Morgan fingerprint density at radius 2 is 2.04 bits per heavy atom. The highest BCUT2D eigenvalue weighted by Gasteiger charge is 2.27. The maximum Gasteiger partial charge on any atom is 0.264 e. The number of benzene rings is 1. The van der Waals surface area contributed by atoms with Crippen LogP contribution in [-0.2, 0) is 0 Å². The fourth-order valence-electron chi connectivity index (χ4n) is 3.83. The van der Waals surface area contributed by atoms with E-state index in [2.05, 4.69) is 34.0 Å². The van der Waals surface area contributed by atoms with Crippen molar-refractivity contribution in [1.82, 2.24) is 19.9 Å². The molecule has 4 rings (SSSR count). The van der Waals surface area contributed by atoms with Gasteiger partial charge in [-0.15, -0.1) is 0 Å². The van der Waals surface area contributed by atoms with Gasteiger partial charge in [-0.05, 0) is 43.0 Å². The molecule has 1 atom stereocenters. The summed E-state index contributed by atoms with van der Waals surface area (Å²) in [4.78, 5) is 38.3. The van der Waals surface area contributed by atoms with Crippen molar-refractivity contribution in [2.75, 3.05) is 13.1 Å². The number of nitrogens with zero attached hydrogens (tertiary/aromatic N) is 3. The third-order valence-electron chi connectivity index (χ3n) is 5.30. The largest absolute Gasteiger partial charge is 0.338 e. The lowest BCUT2D eigenvalue weighted by molar-refractivity contribution is 0.0704. The van der Waals surface area contributed by atoms with Crippen LogP contribution in [-0.4, -0.2) is 38.8 Å². The third-order valence-corrected chi connectivity index (χ3v) is 5.30. The van der Waals surface area contributed by atoms with E-state index >= 15 is 0 Å². The predicted octanol–water partition coefficient (Wildman–Crippen LogP) is 3.16. The van der Waals surface area contributed by atoms with Gasteiger partial charge in [0.15, 0.2) is 0 Å². The molecule has 1 aromatic carbocycles. The Bertz CT molecular complexity index is 1050. The number of hydrogen-bond acceptors (Lipinski definition) is 4. The van der Waals surface area contributed by atoms with Crippen LogP contribution >= 0.6 is 0 Å². The third kappa shape index (κ3) is 3.58. The number of aryl methyl sites for hydroxylation is 1. The molecule has 28 heavy (non-hydrogen) atoms. The van der Waals surface area contributed by atoms with Crippen LogP contribution in [0.4, 0.5) is 0 Å². The van der Waals surface area contributed by atoms with Crippen LogP contribution in [0.15, 0.2) is 59.8 Å². The predicted molar refractivity (Wildman–Crippen MR) is 107 cm³/mol. The summed E-state index contributed by atoms with van der Waals surface area (Å²) in [6.45, 7) is 3.38. The SMILES string of the molecule is Cc1ccccc1C1CCCN(C(=O)c2cnc(-c3cccnc3)[nH]c2=O)C1. The average Bonchev–Trinajstić information content (AvgIpc) is 2.74. The molecule has 1 amide bonds. The lowest BCUT2D eigenvalue weighted by atomic mass is 9.88. The molecular formula is C22H22N4O2. The second-order valence-corrected chi connectivity index (χ2v) is 7.16. The van der Waals surface area contributed by atoms with Crippen LogP contribution in [0.5, 0.6) is 0 Å². The first-order valence-corrected chi connectivity index (χ1v) is 9.48. The number of rotatable bonds is 3. The molecule has 6 nitrogen and oxygen atoms in total. The topological polar surface area (TPSA) is 79.0 Å². The maximum atomic E-state index is 13.0. The fourth-order valence-corrected chi connectivity index (χ4v) is 3.83. The fraction of sp³-hybridized carbons (Fsp3) is 0.273. The number of piperidine rings is 1. The van der Waals surface area contributed by atoms with Crippen LogP contribution in [0.25, 0.3) is 11.4 Å². The highest BCUT2D eigenvalue weighted by molar-refractivity contribution is 5.93. The van der Waals surface area contributed by atoms with Crippen molar-refractivity contribution in [1.29, 1.82) is 0 Å². The van der Waals surface area contributed by atoms with E-state index in [1.54, 1.807) is 23.4 Å². The zero-order valence-electron chi connectivity index (χ0n) is 15.8. The number of amides is 1.